The Morgan fingerprint density at radius 2 is 1.97 bits per heavy atom. The van der Waals surface area contributed by atoms with Crippen LogP contribution in [0, 0.1) is 11.8 Å². The molecule has 7 heteroatoms. The summed E-state index contributed by atoms with van der Waals surface area (Å²) in [5.41, 5.74) is 2.21. The number of piperidine rings is 1. The molecule has 1 aliphatic carbocycles. The Morgan fingerprint density at radius 1 is 1.19 bits per heavy atom. The van der Waals surface area contributed by atoms with Gasteiger partial charge in [0.2, 0.25) is 11.9 Å². The number of hydrogen-bond donors (Lipinski definition) is 1. The number of aryl methyl sites for hydroxylation is 1. The van der Waals surface area contributed by atoms with Gasteiger partial charge in [-0.15, -0.1) is 0 Å². The van der Waals surface area contributed by atoms with E-state index in [2.05, 4.69) is 22.1 Å². The molecule has 0 radical (unpaired) electrons. The van der Waals surface area contributed by atoms with Crippen molar-refractivity contribution in [3.63, 3.8) is 0 Å². The van der Waals surface area contributed by atoms with E-state index >= 15 is 0 Å². The topological polar surface area (TPSA) is 76.6 Å². The van der Waals surface area contributed by atoms with Crippen LogP contribution in [0.2, 0.25) is 0 Å². The van der Waals surface area contributed by atoms with Crippen LogP contribution in [0.15, 0.2) is 30.5 Å². The number of ether oxygens (including phenoxy) is 2. The number of methoxy groups -OCH3 is 1. The minimum absolute atomic E-state index is 0.0379. The fourth-order valence-electron chi connectivity index (χ4n) is 4.30. The number of carbonyl (C=O) groups is 1. The molecular weight excluding hydrogens is 392 g/mol. The number of hydrogen-bond acceptors (Lipinski definition) is 6. The van der Waals surface area contributed by atoms with Crippen LogP contribution in [0.1, 0.15) is 37.4 Å². The van der Waals surface area contributed by atoms with Crippen LogP contribution in [-0.2, 0) is 17.6 Å². The van der Waals surface area contributed by atoms with Crippen molar-refractivity contribution in [2.75, 3.05) is 38.3 Å². The van der Waals surface area contributed by atoms with Gasteiger partial charge in [-0.05, 0) is 55.7 Å². The molecule has 1 fully saturated rings. The highest BCUT2D eigenvalue weighted by molar-refractivity contribution is 5.79. The molecule has 2 heterocycles. The summed E-state index contributed by atoms with van der Waals surface area (Å²) in [5.74, 6) is 3.04. The summed E-state index contributed by atoms with van der Waals surface area (Å²) in [5, 5.41) is 3.00. The maximum absolute atomic E-state index is 12.6. The lowest BCUT2D eigenvalue weighted by Crippen LogP contribution is -2.37. The Morgan fingerprint density at radius 3 is 2.74 bits per heavy atom. The standard InChI is InChI=1S/C24H32N4O3/c1-17-9-12-28(13-10-17)24-26-16-19-15-18(7-8-20(19)27-24)23(29)25-11-14-31-22-6-4-3-5-21(22)30-2/h3-6,16-18H,7-15H2,1-2H3,(H,25,29)/t18-/m0/s1. The van der Waals surface area contributed by atoms with Crippen molar-refractivity contribution in [2.24, 2.45) is 11.8 Å². The molecule has 1 aromatic carbocycles. The Kier molecular flexibility index (Phi) is 6.89. The lowest BCUT2D eigenvalue weighted by Gasteiger charge is -2.31. The number of nitrogens with zero attached hydrogens (tertiary/aromatic N) is 3. The molecule has 0 spiro atoms. The quantitative estimate of drug-likeness (QED) is 0.689. The van der Waals surface area contributed by atoms with E-state index in [4.69, 9.17) is 14.5 Å². The van der Waals surface area contributed by atoms with E-state index in [9.17, 15) is 4.79 Å². The summed E-state index contributed by atoms with van der Waals surface area (Å²) in [6, 6.07) is 7.51. The van der Waals surface area contributed by atoms with Crippen LogP contribution in [-0.4, -0.2) is 49.2 Å². The first-order valence-electron chi connectivity index (χ1n) is 11.3. The van der Waals surface area contributed by atoms with E-state index in [1.165, 1.54) is 12.8 Å². The number of aromatic nitrogens is 2. The Bertz CT molecular complexity index is 896. The monoisotopic (exact) mass is 424 g/mol. The van der Waals surface area contributed by atoms with Gasteiger partial charge in [0.05, 0.1) is 13.7 Å². The van der Waals surface area contributed by atoms with E-state index in [-0.39, 0.29) is 11.8 Å². The molecule has 1 aliphatic heterocycles. The number of amides is 1. The van der Waals surface area contributed by atoms with E-state index in [0.29, 0.717) is 31.1 Å². The number of nitrogens with one attached hydrogen (secondary N) is 1. The van der Waals surface area contributed by atoms with Gasteiger partial charge in [0, 0.05) is 30.9 Å². The van der Waals surface area contributed by atoms with Gasteiger partial charge in [-0.25, -0.2) is 9.97 Å². The van der Waals surface area contributed by atoms with Crippen molar-refractivity contribution < 1.29 is 14.3 Å². The minimum Gasteiger partial charge on any atom is -0.493 e. The molecule has 166 valence electrons. The van der Waals surface area contributed by atoms with Crippen LogP contribution in [0.25, 0.3) is 0 Å². The average Bonchev–Trinajstić information content (AvgIpc) is 2.81. The largest absolute Gasteiger partial charge is 0.493 e. The second kappa shape index (κ2) is 9.98. The van der Waals surface area contributed by atoms with Crippen LogP contribution in [0.3, 0.4) is 0 Å². The van der Waals surface area contributed by atoms with Crippen LogP contribution < -0.4 is 19.7 Å². The van der Waals surface area contributed by atoms with Crippen molar-refractivity contribution in [3.8, 4) is 11.5 Å². The lowest BCUT2D eigenvalue weighted by molar-refractivity contribution is -0.125. The number of para-hydroxylation sites is 2. The van der Waals surface area contributed by atoms with E-state index in [1.807, 2.05) is 30.5 Å². The van der Waals surface area contributed by atoms with Gasteiger partial charge in [-0.3, -0.25) is 4.79 Å². The first kappa shape index (κ1) is 21.4. The highest BCUT2D eigenvalue weighted by Gasteiger charge is 2.27. The van der Waals surface area contributed by atoms with Crippen molar-refractivity contribution in [3.05, 3.63) is 41.7 Å². The third kappa shape index (κ3) is 5.27. The third-order valence-electron chi connectivity index (χ3n) is 6.30. The van der Waals surface area contributed by atoms with Gasteiger partial charge in [0.1, 0.15) is 6.61 Å². The van der Waals surface area contributed by atoms with E-state index in [1.54, 1.807) is 7.11 Å². The molecule has 0 bridgehead atoms. The normalized spacial score (nSPS) is 18.9. The molecule has 1 atom stereocenters. The molecule has 7 nitrogen and oxygen atoms in total. The number of fused-ring (bicyclic) bond motifs is 1. The first-order chi connectivity index (χ1) is 15.1. The molecule has 1 aromatic heterocycles. The fourth-order valence-corrected chi connectivity index (χ4v) is 4.30. The van der Waals surface area contributed by atoms with E-state index < -0.39 is 0 Å². The fraction of sp³-hybridized carbons (Fsp3) is 0.542. The maximum atomic E-state index is 12.6. The van der Waals surface area contributed by atoms with E-state index in [0.717, 1.165) is 49.1 Å². The zero-order valence-corrected chi connectivity index (χ0v) is 18.5. The van der Waals surface area contributed by atoms with Crippen molar-refractivity contribution in [2.45, 2.75) is 39.0 Å². The number of carbonyl (C=O) groups excluding carboxylic acids is 1. The summed E-state index contributed by atoms with van der Waals surface area (Å²) in [6.45, 7) is 5.23. The highest BCUT2D eigenvalue weighted by Crippen LogP contribution is 2.27. The van der Waals surface area contributed by atoms with Crippen LogP contribution >= 0.6 is 0 Å². The minimum atomic E-state index is -0.0379. The summed E-state index contributed by atoms with van der Waals surface area (Å²) in [7, 11) is 1.62. The zero-order chi connectivity index (χ0) is 21.6. The first-order valence-corrected chi connectivity index (χ1v) is 11.3. The number of benzene rings is 1. The molecule has 4 rings (SSSR count). The summed E-state index contributed by atoms with van der Waals surface area (Å²) in [4.78, 5) is 24.4. The van der Waals surface area contributed by atoms with Gasteiger partial charge >= 0.3 is 0 Å². The smallest absolute Gasteiger partial charge is 0.225 e. The molecule has 1 amide bonds. The predicted octanol–water partition coefficient (Wildman–Crippen LogP) is 3.02. The summed E-state index contributed by atoms with van der Waals surface area (Å²) in [6.07, 6.45) is 6.67. The van der Waals surface area contributed by atoms with Gasteiger partial charge in [-0.2, -0.15) is 0 Å². The lowest BCUT2D eigenvalue weighted by atomic mass is 9.86. The Hall–Kier alpha value is -2.83. The molecular formula is C24H32N4O3. The summed E-state index contributed by atoms with van der Waals surface area (Å²) >= 11 is 0. The SMILES string of the molecule is COc1ccccc1OCCNC(=O)[C@H]1CCc2nc(N3CCC(C)CC3)ncc2C1. The molecule has 0 unspecified atom stereocenters. The van der Waals surface area contributed by atoms with Gasteiger partial charge in [0.15, 0.2) is 11.5 Å². The van der Waals surface area contributed by atoms with Crippen molar-refractivity contribution >= 4 is 11.9 Å². The molecule has 0 saturated carbocycles. The second-order valence-corrected chi connectivity index (χ2v) is 8.54. The van der Waals surface area contributed by atoms with Crippen LogP contribution in [0.4, 0.5) is 5.95 Å². The van der Waals surface area contributed by atoms with Crippen molar-refractivity contribution in [1.29, 1.82) is 0 Å². The number of rotatable bonds is 7. The van der Waals surface area contributed by atoms with Gasteiger partial charge in [0.25, 0.3) is 0 Å². The highest BCUT2D eigenvalue weighted by atomic mass is 16.5. The van der Waals surface area contributed by atoms with Gasteiger partial charge < -0.3 is 19.7 Å². The second-order valence-electron chi connectivity index (χ2n) is 8.54. The maximum Gasteiger partial charge on any atom is 0.225 e. The molecule has 1 saturated heterocycles. The molecule has 31 heavy (non-hydrogen) atoms. The predicted molar refractivity (Wildman–Crippen MR) is 120 cm³/mol. The summed E-state index contributed by atoms with van der Waals surface area (Å²) < 4.78 is 11.0. The third-order valence-corrected chi connectivity index (χ3v) is 6.30. The van der Waals surface area contributed by atoms with Gasteiger partial charge in [-0.1, -0.05) is 19.1 Å². The van der Waals surface area contributed by atoms with Crippen LogP contribution in [0.5, 0.6) is 11.5 Å². The Balaban J connectivity index is 1.26. The zero-order valence-electron chi connectivity index (χ0n) is 18.5. The average molecular weight is 425 g/mol. The molecule has 2 aliphatic rings. The molecule has 2 aromatic rings. The van der Waals surface area contributed by atoms with Crippen molar-refractivity contribution in [1.82, 2.24) is 15.3 Å². The molecule has 1 N–H and O–H groups in total. The number of anilines is 1. The Labute approximate surface area is 184 Å².